The van der Waals surface area contributed by atoms with Gasteiger partial charge >= 0.3 is 6.09 Å². The molecule has 0 radical (unpaired) electrons. The Bertz CT molecular complexity index is 169. The molecule has 0 aliphatic heterocycles. The van der Waals surface area contributed by atoms with Gasteiger partial charge in [-0.2, -0.15) is 0 Å². The van der Waals surface area contributed by atoms with Crippen LogP contribution in [0.4, 0.5) is 4.79 Å². The zero-order valence-electron chi connectivity index (χ0n) is 6.45. The van der Waals surface area contributed by atoms with Gasteiger partial charge in [-0.25, -0.2) is 4.79 Å². The first-order chi connectivity index (χ1) is 5.29. The molecule has 2 fully saturated rings. The minimum absolute atomic E-state index is 0.176. The molecule has 0 aromatic rings. The van der Waals surface area contributed by atoms with Crippen molar-refractivity contribution in [2.24, 2.45) is 17.6 Å². The summed E-state index contributed by atoms with van der Waals surface area (Å²) in [5.41, 5.74) is 4.93. The number of hydrogen-bond acceptors (Lipinski definition) is 2. The summed E-state index contributed by atoms with van der Waals surface area (Å²) in [5, 5.41) is 0. The molecule has 2 unspecified atom stereocenters. The van der Waals surface area contributed by atoms with Crippen LogP contribution in [0.15, 0.2) is 0 Å². The molecule has 2 rings (SSSR count). The van der Waals surface area contributed by atoms with Crippen molar-refractivity contribution in [3.63, 3.8) is 0 Å². The maximum absolute atomic E-state index is 10.4. The van der Waals surface area contributed by atoms with Gasteiger partial charge in [0.2, 0.25) is 0 Å². The number of amides is 1. The second kappa shape index (κ2) is 2.40. The lowest BCUT2D eigenvalue weighted by Crippen LogP contribution is -2.15. The van der Waals surface area contributed by atoms with E-state index in [9.17, 15) is 4.79 Å². The van der Waals surface area contributed by atoms with E-state index >= 15 is 0 Å². The Kier molecular flexibility index (Phi) is 1.51. The second-order valence-electron chi connectivity index (χ2n) is 3.51. The molecule has 2 atom stereocenters. The number of primary amides is 1. The summed E-state index contributed by atoms with van der Waals surface area (Å²) in [6.07, 6.45) is 4.60. The van der Waals surface area contributed by atoms with E-state index in [2.05, 4.69) is 0 Å². The van der Waals surface area contributed by atoms with E-state index in [1.807, 2.05) is 0 Å². The van der Waals surface area contributed by atoms with Crippen molar-refractivity contribution in [1.82, 2.24) is 0 Å². The zero-order chi connectivity index (χ0) is 7.84. The summed E-state index contributed by atoms with van der Waals surface area (Å²) in [6, 6.07) is 0. The standard InChI is InChI=1S/C8H13NO2/c9-8(10)11-7-5-3-1-2-4-6(5)7/h5-7H,1-4H2,(H2,9,10). The summed E-state index contributed by atoms with van der Waals surface area (Å²) in [5.74, 6) is 1.30. The van der Waals surface area contributed by atoms with Crippen molar-refractivity contribution >= 4 is 6.09 Å². The Hall–Kier alpha value is -0.730. The van der Waals surface area contributed by atoms with Gasteiger partial charge in [0.15, 0.2) is 0 Å². The normalized spacial score (nSPS) is 40.9. The highest BCUT2D eigenvalue weighted by Crippen LogP contribution is 2.51. The SMILES string of the molecule is NC(=O)OC1C2CCCCC21. The van der Waals surface area contributed by atoms with E-state index in [1.165, 1.54) is 25.7 Å². The van der Waals surface area contributed by atoms with Gasteiger partial charge in [0.05, 0.1) is 0 Å². The van der Waals surface area contributed by atoms with Crippen LogP contribution >= 0.6 is 0 Å². The van der Waals surface area contributed by atoms with Gasteiger partial charge in [-0.3, -0.25) is 0 Å². The van der Waals surface area contributed by atoms with E-state index in [0.717, 1.165) is 0 Å². The van der Waals surface area contributed by atoms with Crippen LogP contribution in [0, 0.1) is 11.8 Å². The number of carbonyl (C=O) groups excluding carboxylic acids is 1. The Balaban J connectivity index is 1.85. The predicted molar refractivity (Wildman–Crippen MR) is 39.9 cm³/mol. The summed E-state index contributed by atoms with van der Waals surface area (Å²) in [6.45, 7) is 0. The molecule has 3 heteroatoms. The molecule has 2 N–H and O–H groups in total. The molecule has 2 aliphatic rings. The molecule has 0 bridgehead atoms. The molecule has 3 nitrogen and oxygen atoms in total. The largest absolute Gasteiger partial charge is 0.446 e. The molecule has 0 spiro atoms. The molecule has 62 valence electrons. The van der Waals surface area contributed by atoms with Crippen molar-refractivity contribution < 1.29 is 9.53 Å². The number of hydrogen-bond donors (Lipinski definition) is 1. The van der Waals surface area contributed by atoms with Crippen LogP contribution in [0.3, 0.4) is 0 Å². The van der Waals surface area contributed by atoms with Crippen LogP contribution in [-0.4, -0.2) is 12.2 Å². The van der Waals surface area contributed by atoms with Gasteiger partial charge in [-0.05, 0) is 12.8 Å². The fraction of sp³-hybridized carbons (Fsp3) is 0.875. The number of rotatable bonds is 1. The number of fused-ring (bicyclic) bond motifs is 1. The highest BCUT2D eigenvalue weighted by atomic mass is 16.6. The third kappa shape index (κ3) is 1.19. The van der Waals surface area contributed by atoms with Crippen LogP contribution in [-0.2, 0) is 4.74 Å². The Labute approximate surface area is 65.9 Å². The van der Waals surface area contributed by atoms with Crippen LogP contribution in [0.5, 0.6) is 0 Å². The van der Waals surface area contributed by atoms with Gasteiger partial charge in [-0.1, -0.05) is 12.8 Å². The molecule has 0 heterocycles. The van der Waals surface area contributed by atoms with Gasteiger partial charge in [0, 0.05) is 11.8 Å². The summed E-state index contributed by atoms with van der Waals surface area (Å²) in [4.78, 5) is 10.4. The fourth-order valence-corrected chi connectivity index (χ4v) is 2.24. The summed E-state index contributed by atoms with van der Waals surface area (Å²) in [7, 11) is 0. The molecular weight excluding hydrogens is 142 g/mol. The lowest BCUT2D eigenvalue weighted by molar-refractivity contribution is 0.139. The first kappa shape index (κ1) is 6.95. The monoisotopic (exact) mass is 155 g/mol. The Morgan fingerprint density at radius 1 is 1.27 bits per heavy atom. The lowest BCUT2D eigenvalue weighted by atomic mass is 10.0. The highest BCUT2D eigenvalue weighted by molar-refractivity contribution is 5.65. The minimum Gasteiger partial charge on any atom is -0.446 e. The predicted octanol–water partition coefficient (Wildman–Crippen LogP) is 1.27. The summed E-state index contributed by atoms with van der Waals surface area (Å²) < 4.78 is 4.95. The van der Waals surface area contributed by atoms with Gasteiger partial charge in [0.25, 0.3) is 0 Å². The molecule has 11 heavy (non-hydrogen) atoms. The van der Waals surface area contributed by atoms with Gasteiger partial charge < -0.3 is 10.5 Å². The maximum Gasteiger partial charge on any atom is 0.404 e. The smallest absolute Gasteiger partial charge is 0.404 e. The molecule has 0 saturated heterocycles. The molecule has 0 aromatic carbocycles. The quantitative estimate of drug-likeness (QED) is 0.620. The molecular formula is C8H13NO2. The topological polar surface area (TPSA) is 52.3 Å². The van der Waals surface area contributed by atoms with Crippen molar-refractivity contribution in [3.8, 4) is 0 Å². The number of carbonyl (C=O) groups is 1. The van der Waals surface area contributed by atoms with Gasteiger partial charge in [0.1, 0.15) is 6.10 Å². The highest BCUT2D eigenvalue weighted by Gasteiger charge is 2.53. The second-order valence-corrected chi connectivity index (χ2v) is 3.51. The van der Waals surface area contributed by atoms with Crippen LogP contribution in [0.1, 0.15) is 25.7 Å². The third-order valence-corrected chi connectivity index (χ3v) is 2.83. The third-order valence-electron chi connectivity index (χ3n) is 2.83. The van der Waals surface area contributed by atoms with E-state index in [1.54, 1.807) is 0 Å². The number of ether oxygens (including phenoxy) is 1. The van der Waals surface area contributed by atoms with Crippen LogP contribution in [0.2, 0.25) is 0 Å². The van der Waals surface area contributed by atoms with Crippen molar-refractivity contribution in [2.75, 3.05) is 0 Å². The van der Waals surface area contributed by atoms with Crippen molar-refractivity contribution in [2.45, 2.75) is 31.8 Å². The maximum atomic E-state index is 10.4. The average Bonchev–Trinajstić information content (AvgIpc) is 2.64. The van der Waals surface area contributed by atoms with E-state index in [0.29, 0.717) is 11.8 Å². The lowest BCUT2D eigenvalue weighted by Gasteiger charge is -2.03. The molecule has 2 saturated carbocycles. The van der Waals surface area contributed by atoms with Crippen LogP contribution < -0.4 is 5.73 Å². The summed E-state index contributed by atoms with van der Waals surface area (Å²) >= 11 is 0. The Morgan fingerprint density at radius 3 is 2.27 bits per heavy atom. The molecule has 2 aliphatic carbocycles. The van der Waals surface area contributed by atoms with Gasteiger partial charge in [-0.15, -0.1) is 0 Å². The first-order valence-corrected chi connectivity index (χ1v) is 4.25. The Morgan fingerprint density at radius 2 is 1.82 bits per heavy atom. The van der Waals surface area contributed by atoms with E-state index in [4.69, 9.17) is 10.5 Å². The fourth-order valence-electron chi connectivity index (χ4n) is 2.24. The molecule has 0 aromatic heterocycles. The minimum atomic E-state index is -0.607. The zero-order valence-corrected chi connectivity index (χ0v) is 6.45. The van der Waals surface area contributed by atoms with Crippen LogP contribution in [0.25, 0.3) is 0 Å². The van der Waals surface area contributed by atoms with E-state index < -0.39 is 6.09 Å². The van der Waals surface area contributed by atoms with E-state index in [-0.39, 0.29) is 6.10 Å². The average molecular weight is 155 g/mol. The number of nitrogens with two attached hydrogens (primary N) is 1. The van der Waals surface area contributed by atoms with Crippen molar-refractivity contribution in [1.29, 1.82) is 0 Å². The first-order valence-electron chi connectivity index (χ1n) is 4.25. The molecule has 1 amide bonds. The van der Waals surface area contributed by atoms with Crippen molar-refractivity contribution in [3.05, 3.63) is 0 Å².